The molecule has 0 amide bonds. The molecule has 2 heteroatoms. The van der Waals surface area contributed by atoms with E-state index in [0.717, 1.165) is 9.99 Å². The molecule has 17 heavy (non-hydrogen) atoms. The van der Waals surface area contributed by atoms with Gasteiger partial charge in [0.25, 0.3) is 0 Å². The molecule has 0 aliphatic rings. The van der Waals surface area contributed by atoms with E-state index >= 15 is 0 Å². The van der Waals surface area contributed by atoms with Crippen molar-refractivity contribution in [1.29, 1.82) is 0 Å². The van der Waals surface area contributed by atoms with Crippen molar-refractivity contribution >= 4 is 26.8 Å². The highest BCUT2D eigenvalue weighted by molar-refractivity contribution is 9.10. The predicted octanol–water partition coefficient (Wildman–Crippen LogP) is 4.68. The van der Waals surface area contributed by atoms with Crippen LogP contribution in [-0.4, -0.2) is 4.98 Å². The van der Waals surface area contributed by atoms with Crippen LogP contribution in [0, 0.1) is 0 Å². The van der Waals surface area contributed by atoms with Crippen LogP contribution in [-0.2, 0) is 0 Å². The Hall–Kier alpha value is -1.67. The smallest absolute Gasteiger partial charge is 0.0701 e. The monoisotopic (exact) mass is 285 g/mol. The van der Waals surface area contributed by atoms with Crippen LogP contribution in [0.2, 0.25) is 0 Å². The lowest BCUT2D eigenvalue weighted by Crippen LogP contribution is -1.73. The van der Waals surface area contributed by atoms with Gasteiger partial charge in [-0.25, -0.2) is 0 Å². The summed E-state index contributed by atoms with van der Waals surface area (Å²) in [6.45, 7) is 0. The van der Waals surface area contributed by atoms with Crippen LogP contribution in [0.15, 0.2) is 77.4 Å². The Morgan fingerprint density at radius 2 is 1.35 bits per heavy atom. The van der Waals surface area contributed by atoms with Gasteiger partial charge in [0.2, 0.25) is 0 Å². The largest absolute Gasteiger partial charge is 0.256 e. The normalized spacial score (nSPS) is 9.47. The topological polar surface area (TPSA) is 12.9 Å². The van der Waals surface area contributed by atoms with Crippen molar-refractivity contribution in [2.24, 2.45) is 0 Å². The number of hydrogen-bond acceptors (Lipinski definition) is 1. The Morgan fingerprint density at radius 3 is 2.00 bits per heavy atom. The third-order valence-corrected chi connectivity index (χ3v) is 2.77. The zero-order chi connectivity index (χ0) is 11.9. The van der Waals surface area contributed by atoms with E-state index in [9.17, 15) is 0 Å². The fourth-order valence-corrected chi connectivity index (χ4v) is 1.74. The molecule has 1 nitrogen and oxygen atoms in total. The van der Waals surface area contributed by atoms with Crippen molar-refractivity contribution in [3.8, 4) is 0 Å². The van der Waals surface area contributed by atoms with Gasteiger partial charge in [-0.3, -0.25) is 4.98 Å². The van der Waals surface area contributed by atoms with Gasteiger partial charge < -0.3 is 0 Å². The second kappa shape index (κ2) is 6.16. The number of para-hydroxylation sites is 1. The molecule has 1 heterocycles. The zero-order valence-corrected chi connectivity index (χ0v) is 10.8. The maximum atomic E-state index is 4.18. The molecule has 0 N–H and O–H groups in total. The van der Waals surface area contributed by atoms with Crippen LogP contribution in [0.5, 0.6) is 0 Å². The Balaban J connectivity index is 0.000000136. The van der Waals surface area contributed by atoms with Gasteiger partial charge in [-0.15, -0.1) is 0 Å². The maximum Gasteiger partial charge on any atom is 0.0701 e. The summed E-state index contributed by atoms with van der Waals surface area (Å²) in [4.78, 5) is 4.18. The van der Waals surface area contributed by atoms with Crippen molar-refractivity contribution in [3.05, 3.63) is 77.4 Å². The molecule has 0 atom stereocenters. The van der Waals surface area contributed by atoms with Gasteiger partial charge in [-0.1, -0.05) is 58.4 Å². The summed E-state index contributed by atoms with van der Waals surface area (Å²) in [5, 5.41) is 1.20. The fraction of sp³-hybridized carbons (Fsp3) is 0. The first-order chi connectivity index (χ1) is 8.36. The quantitative estimate of drug-likeness (QED) is 0.584. The van der Waals surface area contributed by atoms with E-state index in [1.165, 1.54) is 5.39 Å². The number of nitrogens with zero attached hydrogens (tertiary/aromatic N) is 1. The molecule has 0 aliphatic carbocycles. The summed E-state index contributed by atoms with van der Waals surface area (Å²) in [5.41, 5.74) is 1.06. The second-order valence-electron chi connectivity index (χ2n) is 3.49. The lowest BCUT2D eigenvalue weighted by Gasteiger charge is -1.91. The van der Waals surface area contributed by atoms with Crippen LogP contribution in [0.1, 0.15) is 0 Å². The summed E-state index contributed by atoms with van der Waals surface area (Å²) in [5.74, 6) is 0. The van der Waals surface area contributed by atoms with Gasteiger partial charge >= 0.3 is 0 Å². The predicted molar refractivity (Wildman–Crippen MR) is 75.9 cm³/mol. The second-order valence-corrected chi connectivity index (χ2v) is 4.41. The van der Waals surface area contributed by atoms with Gasteiger partial charge in [-0.05, 0) is 24.3 Å². The minimum atomic E-state index is 1.06. The van der Waals surface area contributed by atoms with Crippen LogP contribution in [0.3, 0.4) is 0 Å². The molecule has 3 rings (SSSR count). The highest BCUT2D eigenvalue weighted by atomic mass is 79.9. The molecular formula is C15H12BrN. The SMILES string of the molecule is Brc1ccccc1.c1ccc2ncccc2c1. The molecule has 0 spiro atoms. The summed E-state index contributed by atoms with van der Waals surface area (Å²) in [7, 11) is 0. The molecule has 0 unspecified atom stereocenters. The van der Waals surface area contributed by atoms with E-state index in [2.05, 4.69) is 33.0 Å². The highest BCUT2D eigenvalue weighted by Crippen LogP contribution is 2.08. The van der Waals surface area contributed by atoms with Gasteiger partial charge in [-0.2, -0.15) is 0 Å². The molecule has 2 aromatic carbocycles. The average molecular weight is 286 g/mol. The standard InChI is InChI=1S/C9H7N.C6H5Br/c1-2-6-9-8(4-1)5-3-7-10-9;7-6-4-2-1-3-5-6/h1-7H;1-5H. The van der Waals surface area contributed by atoms with E-state index in [1.807, 2.05) is 60.8 Å². The molecule has 0 bridgehead atoms. The molecule has 0 fully saturated rings. The summed E-state index contributed by atoms with van der Waals surface area (Å²) < 4.78 is 1.13. The van der Waals surface area contributed by atoms with Crippen LogP contribution < -0.4 is 0 Å². The molecule has 0 saturated carbocycles. The maximum absolute atomic E-state index is 4.18. The Morgan fingerprint density at radius 1 is 0.706 bits per heavy atom. The van der Waals surface area contributed by atoms with Gasteiger partial charge in [0.15, 0.2) is 0 Å². The lowest BCUT2D eigenvalue weighted by atomic mass is 10.2. The Kier molecular flexibility index (Phi) is 4.28. The first-order valence-electron chi connectivity index (χ1n) is 5.36. The van der Waals surface area contributed by atoms with Gasteiger partial charge in [0.05, 0.1) is 5.52 Å². The van der Waals surface area contributed by atoms with E-state index in [0.29, 0.717) is 0 Å². The van der Waals surface area contributed by atoms with Crippen LogP contribution >= 0.6 is 15.9 Å². The van der Waals surface area contributed by atoms with Crippen molar-refractivity contribution in [2.45, 2.75) is 0 Å². The molecular weight excluding hydrogens is 274 g/mol. The van der Waals surface area contributed by atoms with Crippen molar-refractivity contribution in [3.63, 3.8) is 0 Å². The third-order valence-electron chi connectivity index (χ3n) is 2.25. The first-order valence-corrected chi connectivity index (χ1v) is 6.16. The summed E-state index contributed by atoms with van der Waals surface area (Å²) in [6, 6.07) is 22.1. The highest BCUT2D eigenvalue weighted by Gasteiger charge is 1.86. The van der Waals surface area contributed by atoms with Crippen LogP contribution in [0.25, 0.3) is 10.9 Å². The van der Waals surface area contributed by atoms with Gasteiger partial charge in [0, 0.05) is 16.1 Å². The molecule has 1 aromatic heterocycles. The molecule has 0 aliphatic heterocycles. The zero-order valence-electron chi connectivity index (χ0n) is 9.25. The number of halogens is 1. The number of rotatable bonds is 0. The summed E-state index contributed by atoms with van der Waals surface area (Å²) in [6.07, 6.45) is 1.81. The molecule has 0 radical (unpaired) electrons. The number of aromatic nitrogens is 1. The Bertz CT molecular complexity index is 513. The van der Waals surface area contributed by atoms with Gasteiger partial charge in [0.1, 0.15) is 0 Å². The van der Waals surface area contributed by atoms with Crippen molar-refractivity contribution in [1.82, 2.24) is 4.98 Å². The van der Waals surface area contributed by atoms with E-state index < -0.39 is 0 Å². The molecule has 0 saturated heterocycles. The third kappa shape index (κ3) is 3.68. The number of fused-ring (bicyclic) bond motifs is 1. The number of pyridine rings is 1. The fourth-order valence-electron chi connectivity index (χ4n) is 1.43. The summed E-state index contributed by atoms with van der Waals surface area (Å²) >= 11 is 3.31. The minimum Gasteiger partial charge on any atom is -0.256 e. The van der Waals surface area contributed by atoms with E-state index in [-0.39, 0.29) is 0 Å². The van der Waals surface area contributed by atoms with E-state index in [4.69, 9.17) is 0 Å². The Labute approximate surface area is 109 Å². The van der Waals surface area contributed by atoms with Crippen LogP contribution in [0.4, 0.5) is 0 Å². The van der Waals surface area contributed by atoms with Crippen molar-refractivity contribution in [2.75, 3.05) is 0 Å². The first kappa shape index (κ1) is 11.8. The molecule has 3 aromatic rings. The average Bonchev–Trinajstić information content (AvgIpc) is 2.41. The lowest BCUT2D eigenvalue weighted by molar-refractivity contribution is 1.41. The number of benzene rings is 2. The number of hydrogen-bond donors (Lipinski definition) is 0. The van der Waals surface area contributed by atoms with E-state index in [1.54, 1.807) is 0 Å². The minimum absolute atomic E-state index is 1.06. The molecule has 84 valence electrons. The van der Waals surface area contributed by atoms with Crippen molar-refractivity contribution < 1.29 is 0 Å².